The van der Waals surface area contributed by atoms with Gasteiger partial charge in [-0.2, -0.15) is 0 Å². The number of piperidine rings is 1. The summed E-state index contributed by atoms with van der Waals surface area (Å²) < 4.78 is 10.5. The molecule has 2 aliphatic heterocycles. The van der Waals surface area contributed by atoms with Crippen molar-refractivity contribution >= 4 is 17.9 Å². The molecular weight excluding hydrogens is 374 g/mol. The molecule has 8 heteroatoms. The third-order valence-electron chi connectivity index (χ3n) is 5.41. The molecule has 8 nitrogen and oxygen atoms in total. The summed E-state index contributed by atoms with van der Waals surface area (Å²) in [7, 11) is 0. The molecule has 29 heavy (non-hydrogen) atoms. The van der Waals surface area contributed by atoms with Gasteiger partial charge in [-0.05, 0) is 30.5 Å². The zero-order valence-electron chi connectivity index (χ0n) is 16.0. The van der Waals surface area contributed by atoms with Gasteiger partial charge in [-0.1, -0.05) is 30.3 Å². The molecule has 0 aliphatic carbocycles. The second-order valence-corrected chi connectivity index (χ2v) is 7.21. The minimum absolute atomic E-state index is 0.0537. The van der Waals surface area contributed by atoms with Crippen molar-refractivity contribution in [2.75, 3.05) is 26.2 Å². The molecule has 0 bridgehead atoms. The van der Waals surface area contributed by atoms with Gasteiger partial charge in [0.15, 0.2) is 5.76 Å². The molecule has 0 saturated carbocycles. The third-order valence-corrected chi connectivity index (χ3v) is 5.41. The highest BCUT2D eigenvalue weighted by molar-refractivity contribution is 5.94. The number of hydrogen-bond donors (Lipinski definition) is 1. The smallest absolute Gasteiger partial charge is 0.410 e. The maximum atomic E-state index is 12.4. The van der Waals surface area contributed by atoms with E-state index in [9.17, 15) is 14.4 Å². The Kier molecular flexibility index (Phi) is 5.50. The van der Waals surface area contributed by atoms with Gasteiger partial charge in [0.25, 0.3) is 5.91 Å². The molecule has 2 fully saturated rings. The number of nitrogens with one attached hydrogen (secondary N) is 1. The van der Waals surface area contributed by atoms with Gasteiger partial charge in [0.2, 0.25) is 5.91 Å². The van der Waals surface area contributed by atoms with Crippen molar-refractivity contribution in [1.29, 1.82) is 0 Å². The summed E-state index contributed by atoms with van der Waals surface area (Å²) in [5.74, 6) is -0.378. The first kappa shape index (κ1) is 19.0. The number of ether oxygens (including phenoxy) is 1. The summed E-state index contributed by atoms with van der Waals surface area (Å²) >= 11 is 0. The quantitative estimate of drug-likeness (QED) is 0.835. The van der Waals surface area contributed by atoms with Gasteiger partial charge in [0, 0.05) is 19.1 Å². The number of amides is 3. The zero-order valence-corrected chi connectivity index (χ0v) is 16.0. The molecule has 4 rings (SSSR count). The highest BCUT2D eigenvalue weighted by atomic mass is 16.6. The van der Waals surface area contributed by atoms with Gasteiger partial charge in [-0.3, -0.25) is 9.59 Å². The molecule has 1 aromatic carbocycles. The van der Waals surface area contributed by atoms with E-state index >= 15 is 0 Å². The van der Waals surface area contributed by atoms with Crippen LogP contribution in [-0.4, -0.2) is 59.9 Å². The van der Waals surface area contributed by atoms with Crippen LogP contribution in [0, 0.1) is 0 Å². The summed E-state index contributed by atoms with van der Waals surface area (Å²) in [6, 6.07) is 12.9. The van der Waals surface area contributed by atoms with E-state index in [1.165, 1.54) is 6.26 Å². The Morgan fingerprint density at radius 3 is 2.52 bits per heavy atom. The van der Waals surface area contributed by atoms with E-state index in [0.29, 0.717) is 32.5 Å². The van der Waals surface area contributed by atoms with E-state index in [0.717, 1.165) is 5.56 Å². The van der Waals surface area contributed by atoms with Crippen molar-refractivity contribution in [1.82, 2.24) is 15.1 Å². The number of carbonyl (C=O) groups excluding carboxylic acids is 3. The first-order valence-electron chi connectivity index (χ1n) is 9.73. The van der Waals surface area contributed by atoms with Gasteiger partial charge < -0.3 is 24.3 Å². The van der Waals surface area contributed by atoms with Crippen molar-refractivity contribution in [3.05, 3.63) is 60.1 Å². The fourth-order valence-electron chi connectivity index (χ4n) is 3.81. The molecule has 1 unspecified atom stereocenters. The lowest BCUT2D eigenvalue weighted by atomic mass is 10.0. The first-order valence-corrected chi connectivity index (χ1v) is 9.73. The van der Waals surface area contributed by atoms with E-state index in [4.69, 9.17) is 9.15 Å². The van der Waals surface area contributed by atoms with E-state index in [1.807, 2.05) is 30.3 Å². The largest absolute Gasteiger partial charge is 0.459 e. The predicted octanol–water partition coefficient (Wildman–Crippen LogP) is 2.19. The summed E-state index contributed by atoms with van der Waals surface area (Å²) in [6.45, 7) is 1.53. The Labute approximate surface area is 168 Å². The van der Waals surface area contributed by atoms with Gasteiger partial charge in [0.05, 0.1) is 19.4 Å². The lowest BCUT2D eigenvalue weighted by Crippen LogP contribution is -2.49. The maximum absolute atomic E-state index is 12.4. The first-order chi connectivity index (χ1) is 14.1. The molecule has 0 radical (unpaired) electrons. The van der Waals surface area contributed by atoms with Crippen molar-refractivity contribution in [2.24, 2.45) is 0 Å². The maximum Gasteiger partial charge on any atom is 0.410 e. The van der Waals surface area contributed by atoms with Crippen LogP contribution in [0.5, 0.6) is 0 Å². The summed E-state index contributed by atoms with van der Waals surface area (Å²) in [5, 5.41) is 2.57. The van der Waals surface area contributed by atoms with Crippen LogP contribution in [0.25, 0.3) is 0 Å². The number of benzene rings is 1. The summed E-state index contributed by atoms with van der Waals surface area (Å²) in [6.07, 6.45) is 2.24. The second-order valence-electron chi connectivity index (χ2n) is 7.21. The highest BCUT2D eigenvalue weighted by Gasteiger charge is 2.38. The van der Waals surface area contributed by atoms with Crippen molar-refractivity contribution in [3.63, 3.8) is 0 Å². The van der Waals surface area contributed by atoms with Crippen LogP contribution >= 0.6 is 0 Å². The molecule has 1 aromatic heterocycles. The molecule has 3 amide bonds. The number of nitrogens with zero attached hydrogens (tertiary/aromatic N) is 2. The summed E-state index contributed by atoms with van der Waals surface area (Å²) in [5.41, 5.74) is 0.989. The van der Waals surface area contributed by atoms with Crippen LogP contribution in [0.4, 0.5) is 4.79 Å². The Morgan fingerprint density at radius 2 is 1.83 bits per heavy atom. The normalized spacial score (nSPS) is 19.9. The SMILES string of the molecule is O=C(NCC(=O)N1CCC(N2CC(c3ccccc3)OC2=O)CC1)c1ccco1. The third kappa shape index (κ3) is 4.26. The van der Waals surface area contributed by atoms with E-state index in [-0.39, 0.29) is 36.5 Å². The number of cyclic esters (lactones) is 1. The molecule has 2 aliphatic rings. The van der Waals surface area contributed by atoms with Crippen molar-refractivity contribution in [2.45, 2.75) is 25.0 Å². The number of furan rings is 1. The topological polar surface area (TPSA) is 92.1 Å². The predicted molar refractivity (Wildman–Crippen MR) is 103 cm³/mol. The van der Waals surface area contributed by atoms with E-state index < -0.39 is 5.91 Å². The number of hydrogen-bond acceptors (Lipinski definition) is 5. The van der Waals surface area contributed by atoms with Gasteiger partial charge in [0.1, 0.15) is 6.10 Å². The molecular formula is C21H23N3O5. The minimum Gasteiger partial charge on any atom is -0.459 e. The number of carbonyl (C=O) groups is 3. The molecule has 152 valence electrons. The lowest BCUT2D eigenvalue weighted by molar-refractivity contribution is -0.131. The molecule has 3 heterocycles. The number of rotatable bonds is 5. The van der Waals surface area contributed by atoms with Crippen molar-refractivity contribution in [3.8, 4) is 0 Å². The fourth-order valence-corrected chi connectivity index (χ4v) is 3.81. The Balaban J connectivity index is 1.25. The molecule has 2 aromatic rings. The average molecular weight is 397 g/mol. The van der Waals surface area contributed by atoms with E-state index in [1.54, 1.807) is 21.9 Å². The zero-order chi connectivity index (χ0) is 20.2. The lowest BCUT2D eigenvalue weighted by Gasteiger charge is -2.35. The van der Waals surface area contributed by atoms with Gasteiger partial charge >= 0.3 is 6.09 Å². The Bertz CT molecular complexity index is 860. The molecule has 1 N–H and O–H groups in total. The van der Waals surface area contributed by atoms with E-state index in [2.05, 4.69) is 5.32 Å². The van der Waals surface area contributed by atoms with Crippen LogP contribution in [0.3, 0.4) is 0 Å². The highest BCUT2D eigenvalue weighted by Crippen LogP contribution is 2.30. The fraction of sp³-hybridized carbons (Fsp3) is 0.381. The Hall–Kier alpha value is -3.29. The van der Waals surface area contributed by atoms with Crippen LogP contribution < -0.4 is 5.32 Å². The van der Waals surface area contributed by atoms with Gasteiger partial charge in [-0.15, -0.1) is 0 Å². The summed E-state index contributed by atoms with van der Waals surface area (Å²) in [4.78, 5) is 40.1. The Morgan fingerprint density at radius 1 is 1.07 bits per heavy atom. The average Bonchev–Trinajstić information content (AvgIpc) is 3.43. The standard InChI is InChI=1S/C21H23N3O5/c25-19(13-22-20(26)17-7-4-12-28-17)23-10-8-16(9-11-23)24-14-18(29-21(24)27)15-5-2-1-3-6-15/h1-7,12,16,18H,8-11,13-14H2,(H,22,26). The monoisotopic (exact) mass is 397 g/mol. The van der Waals surface area contributed by atoms with Crippen LogP contribution in [-0.2, 0) is 9.53 Å². The van der Waals surface area contributed by atoms with Crippen LogP contribution in [0.15, 0.2) is 53.1 Å². The molecule has 2 saturated heterocycles. The molecule has 1 atom stereocenters. The molecule has 0 spiro atoms. The van der Waals surface area contributed by atoms with Crippen molar-refractivity contribution < 1.29 is 23.5 Å². The second kappa shape index (κ2) is 8.38. The number of likely N-dealkylation sites (tertiary alicyclic amines) is 1. The van der Waals surface area contributed by atoms with Crippen LogP contribution in [0.1, 0.15) is 35.1 Å². The van der Waals surface area contributed by atoms with Gasteiger partial charge in [-0.25, -0.2) is 4.79 Å². The van der Waals surface area contributed by atoms with Crippen LogP contribution in [0.2, 0.25) is 0 Å². The minimum atomic E-state index is -0.412.